The van der Waals surface area contributed by atoms with Crippen LogP contribution in [-0.4, -0.2) is 80.0 Å². The molecule has 1 atom stereocenters. The molecule has 0 spiro atoms. The van der Waals surface area contributed by atoms with E-state index in [2.05, 4.69) is 169 Å². The summed E-state index contributed by atoms with van der Waals surface area (Å²) in [6.07, 6.45) is 7.83. The van der Waals surface area contributed by atoms with Gasteiger partial charge in [-0.25, -0.2) is 0 Å². The van der Waals surface area contributed by atoms with E-state index in [9.17, 15) is 0 Å². The number of nitrogens with zero attached hydrogens (tertiary/aromatic N) is 8. The number of anilines is 4. The first-order chi connectivity index (χ1) is 27.4. The summed E-state index contributed by atoms with van der Waals surface area (Å²) >= 11 is 0.656. The van der Waals surface area contributed by atoms with Crippen LogP contribution in [0.3, 0.4) is 0 Å². The van der Waals surface area contributed by atoms with Gasteiger partial charge in [0.2, 0.25) is 0 Å². The average Bonchev–Trinajstić information content (AvgIpc) is 3.96. The molecule has 274 valence electrons. The Morgan fingerprint density at radius 2 is 1.30 bits per heavy atom. The maximum atomic E-state index is 5.17. The molecule has 10 rings (SSSR count). The summed E-state index contributed by atoms with van der Waals surface area (Å²) in [5, 5.41) is 7.45. The molecule has 4 aromatic carbocycles. The minimum absolute atomic E-state index is 0.327. The Hall–Kier alpha value is -6.14. The van der Waals surface area contributed by atoms with E-state index in [-0.39, 0.29) is 0 Å². The van der Waals surface area contributed by atoms with Crippen molar-refractivity contribution >= 4 is 98.5 Å². The molecular weight excluding hydrogens is 830 g/mol. The molecule has 0 radical (unpaired) electrons. The molecular formula is C42H38N12Se2+4. The molecule has 0 fully saturated rings. The van der Waals surface area contributed by atoms with Crippen molar-refractivity contribution in [3.05, 3.63) is 128 Å². The molecule has 56 heavy (non-hydrogen) atoms. The molecule has 0 saturated heterocycles. The van der Waals surface area contributed by atoms with Gasteiger partial charge in [-0.05, 0) is 0 Å². The molecule has 5 aromatic heterocycles. The monoisotopic (exact) mass is 870 g/mol. The quantitative estimate of drug-likeness (QED) is 0.132. The predicted molar refractivity (Wildman–Crippen MR) is 222 cm³/mol. The Morgan fingerprint density at radius 1 is 0.696 bits per heavy atom. The van der Waals surface area contributed by atoms with Crippen LogP contribution in [-0.2, 0) is 14.1 Å². The van der Waals surface area contributed by atoms with Crippen LogP contribution in [0.4, 0.5) is 34.5 Å². The Labute approximate surface area is 333 Å². The van der Waals surface area contributed by atoms with Crippen LogP contribution in [0.5, 0.6) is 0 Å². The molecule has 9 aromatic rings. The van der Waals surface area contributed by atoms with Crippen molar-refractivity contribution < 1.29 is 18.6 Å². The Kier molecular flexibility index (Phi) is 8.50. The van der Waals surface area contributed by atoms with E-state index < -0.39 is 0 Å². The fraction of sp³-hybridized carbons (Fsp3) is 0.0952. The summed E-state index contributed by atoms with van der Waals surface area (Å²) in [4.78, 5) is 19.2. The zero-order valence-corrected chi connectivity index (χ0v) is 34.5. The third-order valence-corrected chi connectivity index (χ3v) is 17.4. The van der Waals surface area contributed by atoms with Crippen LogP contribution >= 0.6 is 0 Å². The zero-order chi connectivity index (χ0) is 37.9. The number of aromatic nitrogens is 8. The fourth-order valence-corrected chi connectivity index (χ4v) is 13.5. The molecule has 14 heteroatoms. The second-order valence-corrected chi connectivity index (χ2v) is 20.2. The van der Waals surface area contributed by atoms with Crippen LogP contribution in [0.25, 0.3) is 45.0 Å². The van der Waals surface area contributed by atoms with Gasteiger partial charge in [-0.3, -0.25) is 0 Å². The maximum absolute atomic E-state index is 5.17. The number of nitrogens with one attached hydrogen (secondary N) is 4. The second-order valence-electron chi connectivity index (χ2n) is 13.8. The van der Waals surface area contributed by atoms with Crippen LogP contribution in [0.15, 0.2) is 128 Å². The van der Waals surface area contributed by atoms with E-state index in [1.807, 2.05) is 32.1 Å². The summed E-state index contributed by atoms with van der Waals surface area (Å²) in [5.41, 5.74) is 11.1. The standard InChI is InChI=1S/C42H36N12Se2/c1-49-23-43-37-35(49)42-52(4)34(28-13-9-6-10-14-28)40(54(42)24-44-37)47-30-17-21-32(22-18-30)56-55-31-19-15-29(16-20-31)46-38-33(27-11-7-5-8-12-27)48-41-36-39(45-25-53(38)41)51(3)26-50(36)2/h5-26,46-47H,1-4H3/q+2/p+2. The van der Waals surface area contributed by atoms with Gasteiger partial charge >= 0.3 is 335 Å². The summed E-state index contributed by atoms with van der Waals surface area (Å²) in [7, 11) is 8.31. The van der Waals surface area contributed by atoms with Gasteiger partial charge in [-0.2, -0.15) is 0 Å². The van der Waals surface area contributed by atoms with Crippen molar-refractivity contribution in [2.45, 2.75) is 0 Å². The predicted octanol–water partition coefficient (Wildman–Crippen LogP) is 3.06. The Bertz CT molecular complexity index is 2950. The summed E-state index contributed by atoms with van der Waals surface area (Å²) in [5.74, 6) is 2.85. The van der Waals surface area contributed by atoms with Gasteiger partial charge in [0.15, 0.2) is 0 Å². The minimum atomic E-state index is 0.327. The third-order valence-electron chi connectivity index (χ3n) is 10.2. The van der Waals surface area contributed by atoms with Gasteiger partial charge in [0.05, 0.1) is 0 Å². The number of rotatable bonds is 9. The van der Waals surface area contributed by atoms with Gasteiger partial charge in [0.25, 0.3) is 0 Å². The van der Waals surface area contributed by atoms with Crippen molar-refractivity contribution in [2.24, 2.45) is 14.1 Å². The van der Waals surface area contributed by atoms with Crippen LogP contribution in [0.2, 0.25) is 0 Å². The second kappa shape index (κ2) is 13.9. The number of aromatic amines is 1. The van der Waals surface area contributed by atoms with Gasteiger partial charge in [-0.15, -0.1) is 0 Å². The molecule has 0 aliphatic carbocycles. The normalized spacial score (nSPS) is 13.8. The molecule has 1 unspecified atom stereocenters. The van der Waals surface area contributed by atoms with E-state index >= 15 is 0 Å². The summed E-state index contributed by atoms with van der Waals surface area (Å²) in [6.45, 7) is 0. The SMILES string of the molecule is C[N+]1=C[NH+](C)c2ncn3c(Nc4ccc([Se][Se]c5ccc(Nc6c(-c7ccccc7)[n+](C)c7c8c(ncn67)[nH]c[n+]8C)cc5)cc4)c(-c4ccccc4)nc3c21. The van der Waals surface area contributed by atoms with E-state index in [0.717, 1.165) is 84.4 Å². The molecule has 0 saturated carbocycles. The van der Waals surface area contributed by atoms with Crippen molar-refractivity contribution in [3.8, 4) is 22.5 Å². The summed E-state index contributed by atoms with van der Waals surface area (Å²) in [6, 6.07) is 38.6. The topological polar surface area (TPSA) is 103 Å². The van der Waals surface area contributed by atoms with Gasteiger partial charge in [0, 0.05) is 0 Å². The van der Waals surface area contributed by atoms with Crippen molar-refractivity contribution in [1.82, 2.24) is 28.7 Å². The molecule has 4 N–H and O–H groups in total. The first kappa shape index (κ1) is 34.4. The number of hydrogen-bond donors (Lipinski definition) is 4. The van der Waals surface area contributed by atoms with Crippen LogP contribution < -0.4 is 33.6 Å². The third kappa shape index (κ3) is 5.86. The Balaban J connectivity index is 0.878. The molecule has 0 bridgehead atoms. The van der Waals surface area contributed by atoms with E-state index in [1.54, 1.807) is 0 Å². The number of quaternary nitrogens is 1. The molecule has 0 amide bonds. The fourth-order valence-electron chi connectivity index (χ4n) is 7.51. The van der Waals surface area contributed by atoms with E-state index in [4.69, 9.17) is 15.0 Å². The number of H-pyrrole nitrogens is 1. The van der Waals surface area contributed by atoms with Crippen LogP contribution in [0.1, 0.15) is 0 Å². The number of imidazole rings is 3. The van der Waals surface area contributed by atoms with Gasteiger partial charge < -0.3 is 0 Å². The number of hydrogen-bond acceptors (Lipinski definition) is 5. The van der Waals surface area contributed by atoms with Crippen molar-refractivity contribution in [3.63, 3.8) is 0 Å². The first-order valence-electron chi connectivity index (χ1n) is 18.2. The van der Waals surface area contributed by atoms with Gasteiger partial charge in [-0.1, -0.05) is 0 Å². The van der Waals surface area contributed by atoms with Gasteiger partial charge in [0.1, 0.15) is 0 Å². The zero-order valence-electron chi connectivity index (χ0n) is 31.1. The molecule has 6 heterocycles. The number of fused-ring (bicyclic) bond motifs is 6. The average molecular weight is 869 g/mol. The van der Waals surface area contributed by atoms with E-state index in [1.165, 1.54) is 8.92 Å². The molecule has 1 aliphatic heterocycles. The number of benzene rings is 4. The van der Waals surface area contributed by atoms with Crippen LogP contribution in [0, 0.1) is 0 Å². The van der Waals surface area contributed by atoms with Crippen molar-refractivity contribution in [1.29, 1.82) is 0 Å². The van der Waals surface area contributed by atoms with E-state index in [0.29, 0.717) is 26.3 Å². The summed E-state index contributed by atoms with van der Waals surface area (Å²) < 4.78 is 13.4. The Morgan fingerprint density at radius 3 is 1.96 bits per heavy atom. The van der Waals surface area contributed by atoms with Crippen molar-refractivity contribution in [2.75, 3.05) is 24.7 Å². The number of aryl methyl sites for hydroxylation is 2. The first-order valence-corrected chi connectivity index (χ1v) is 24.2. The molecule has 1 aliphatic rings. The molecule has 12 nitrogen and oxygen atoms in total.